The maximum absolute atomic E-state index is 12.6. The van der Waals surface area contributed by atoms with Crippen LogP contribution >= 0.6 is 0 Å². The number of hydrogen-bond acceptors (Lipinski definition) is 4. The van der Waals surface area contributed by atoms with E-state index in [0.29, 0.717) is 17.1 Å². The van der Waals surface area contributed by atoms with Gasteiger partial charge in [0.15, 0.2) is 0 Å². The highest BCUT2D eigenvalue weighted by Crippen LogP contribution is 2.54. The van der Waals surface area contributed by atoms with E-state index in [1.165, 1.54) is 12.1 Å². The van der Waals surface area contributed by atoms with Crippen LogP contribution in [0, 0.1) is 0 Å². The third kappa shape index (κ3) is 1.69. The Morgan fingerprint density at radius 2 is 1.40 bits per heavy atom. The largest absolute Gasteiger partial charge is 0.508 e. The fourth-order valence-electron chi connectivity index (χ4n) is 3.81. The van der Waals surface area contributed by atoms with Gasteiger partial charge in [0.05, 0.1) is 0 Å². The topological polar surface area (TPSA) is 78.8 Å². The number of carbonyl (C=O) groups excluding carboxylic acids is 1. The quantitative estimate of drug-likeness (QED) is 0.591. The normalized spacial score (nSPS) is 15.8. The Morgan fingerprint density at radius 1 is 0.800 bits per heavy atom. The Bertz CT molecular complexity index is 1010. The molecule has 0 saturated carbocycles. The average Bonchev–Trinajstić information content (AvgIpc) is 2.88. The van der Waals surface area contributed by atoms with Gasteiger partial charge in [-0.25, -0.2) is 0 Å². The molecule has 3 aromatic rings. The van der Waals surface area contributed by atoms with Crippen LogP contribution in [0.2, 0.25) is 0 Å². The zero-order valence-electron chi connectivity index (χ0n) is 13.0. The Morgan fingerprint density at radius 3 is 2.04 bits per heavy atom. The summed E-state index contributed by atoms with van der Waals surface area (Å²) >= 11 is 0. The first-order valence-corrected chi connectivity index (χ1v) is 7.86. The van der Waals surface area contributed by atoms with Crippen LogP contribution in [-0.2, 0) is 5.54 Å². The summed E-state index contributed by atoms with van der Waals surface area (Å²) in [6.45, 7) is 0. The van der Waals surface area contributed by atoms with Crippen LogP contribution in [0.3, 0.4) is 0 Å². The Kier molecular flexibility index (Phi) is 2.53. The van der Waals surface area contributed by atoms with Crippen LogP contribution in [0.25, 0.3) is 0 Å². The molecule has 0 unspecified atom stereocenters. The molecule has 3 aromatic carbocycles. The minimum absolute atomic E-state index is 0.0649. The highest BCUT2D eigenvalue weighted by atomic mass is 16.5. The van der Waals surface area contributed by atoms with Crippen LogP contribution in [0.4, 0.5) is 0 Å². The van der Waals surface area contributed by atoms with Crippen molar-refractivity contribution in [3.63, 3.8) is 0 Å². The summed E-state index contributed by atoms with van der Waals surface area (Å²) in [5, 5.41) is 22.8. The zero-order chi connectivity index (χ0) is 17.2. The molecule has 2 heterocycles. The standard InChI is InChI=1S/C20H13NO4/c22-11-5-7-15-17(9-11)25-18-10-12(23)6-8-16(18)20(15)14-4-2-1-3-13(14)19(24)21-20/h1-10,22-23H,(H,21,24). The molecular weight excluding hydrogens is 318 g/mol. The van der Waals surface area contributed by atoms with Gasteiger partial charge < -0.3 is 20.3 Å². The van der Waals surface area contributed by atoms with E-state index in [0.717, 1.165) is 16.7 Å². The third-order valence-corrected chi connectivity index (χ3v) is 4.84. The molecule has 3 N–H and O–H groups in total. The predicted molar refractivity (Wildman–Crippen MR) is 90.1 cm³/mol. The molecule has 5 rings (SSSR count). The van der Waals surface area contributed by atoms with Crippen LogP contribution in [-0.4, -0.2) is 16.1 Å². The van der Waals surface area contributed by atoms with Gasteiger partial charge >= 0.3 is 0 Å². The Hall–Kier alpha value is -3.47. The number of aromatic hydroxyl groups is 2. The first-order chi connectivity index (χ1) is 12.1. The van der Waals surface area contributed by atoms with Gasteiger partial charge in [-0.15, -0.1) is 0 Å². The maximum Gasteiger partial charge on any atom is 0.252 e. The Balaban J connectivity index is 1.91. The number of amides is 1. The Labute approximate surface area is 143 Å². The van der Waals surface area contributed by atoms with Crippen molar-refractivity contribution in [3.05, 3.63) is 82.9 Å². The van der Waals surface area contributed by atoms with Gasteiger partial charge in [0.25, 0.3) is 5.91 Å². The minimum Gasteiger partial charge on any atom is -0.508 e. The molecule has 1 amide bonds. The molecule has 25 heavy (non-hydrogen) atoms. The number of fused-ring (bicyclic) bond motifs is 6. The molecule has 0 atom stereocenters. The van der Waals surface area contributed by atoms with Crippen LogP contribution in [0.5, 0.6) is 23.0 Å². The highest BCUT2D eigenvalue weighted by Gasteiger charge is 2.50. The summed E-state index contributed by atoms with van der Waals surface area (Å²) in [4.78, 5) is 12.6. The number of nitrogens with one attached hydrogen (secondary N) is 1. The van der Waals surface area contributed by atoms with Gasteiger partial charge in [-0.05, 0) is 35.9 Å². The number of rotatable bonds is 0. The van der Waals surface area contributed by atoms with E-state index in [-0.39, 0.29) is 17.4 Å². The first kappa shape index (κ1) is 13.9. The fraction of sp³-hybridized carbons (Fsp3) is 0.0500. The molecular formula is C20H13NO4. The first-order valence-electron chi connectivity index (χ1n) is 7.86. The predicted octanol–water partition coefficient (Wildman–Crippen LogP) is 3.24. The summed E-state index contributed by atoms with van der Waals surface area (Å²) in [6, 6.07) is 17.1. The number of benzene rings is 3. The number of hydrogen-bond donors (Lipinski definition) is 3. The minimum atomic E-state index is -0.919. The van der Waals surface area contributed by atoms with Crippen molar-refractivity contribution in [1.82, 2.24) is 5.32 Å². The number of carbonyl (C=O) groups is 1. The smallest absolute Gasteiger partial charge is 0.252 e. The molecule has 0 fully saturated rings. The second-order valence-corrected chi connectivity index (χ2v) is 6.21. The average molecular weight is 331 g/mol. The molecule has 0 saturated heterocycles. The van der Waals surface area contributed by atoms with Crippen molar-refractivity contribution in [3.8, 4) is 23.0 Å². The van der Waals surface area contributed by atoms with Crippen molar-refractivity contribution >= 4 is 5.91 Å². The molecule has 1 spiro atoms. The lowest BCUT2D eigenvalue weighted by Gasteiger charge is -2.38. The molecule has 2 aliphatic rings. The zero-order valence-corrected chi connectivity index (χ0v) is 13.0. The van der Waals surface area contributed by atoms with Gasteiger partial charge in [0, 0.05) is 28.8 Å². The summed E-state index contributed by atoms with van der Waals surface area (Å²) in [7, 11) is 0. The van der Waals surface area contributed by atoms with Crippen molar-refractivity contribution in [1.29, 1.82) is 0 Å². The van der Waals surface area contributed by atoms with Crippen molar-refractivity contribution < 1.29 is 19.7 Å². The van der Waals surface area contributed by atoms with E-state index >= 15 is 0 Å². The monoisotopic (exact) mass is 331 g/mol. The number of phenolic OH excluding ortho intramolecular Hbond substituents is 2. The fourth-order valence-corrected chi connectivity index (χ4v) is 3.81. The number of phenols is 2. The van der Waals surface area contributed by atoms with E-state index in [2.05, 4.69) is 5.32 Å². The highest BCUT2D eigenvalue weighted by molar-refractivity contribution is 6.02. The van der Waals surface area contributed by atoms with Gasteiger partial charge in [-0.1, -0.05) is 18.2 Å². The SMILES string of the molecule is O=C1NC2(c3ccc(O)cc3Oc3cc(O)ccc32)c2ccccc21. The van der Waals surface area contributed by atoms with Crippen LogP contribution in [0.1, 0.15) is 27.0 Å². The molecule has 122 valence electrons. The van der Waals surface area contributed by atoms with Gasteiger partial charge in [-0.2, -0.15) is 0 Å². The van der Waals surface area contributed by atoms with E-state index in [1.807, 2.05) is 18.2 Å². The van der Waals surface area contributed by atoms with E-state index < -0.39 is 5.54 Å². The molecule has 2 aliphatic heterocycles. The number of ether oxygens (including phenoxy) is 1. The van der Waals surface area contributed by atoms with Crippen LogP contribution in [0.15, 0.2) is 60.7 Å². The van der Waals surface area contributed by atoms with Gasteiger partial charge in [0.1, 0.15) is 28.5 Å². The molecule has 0 aliphatic carbocycles. The summed E-state index contributed by atoms with van der Waals surface area (Å²) in [5.41, 5.74) is 1.98. The second-order valence-electron chi connectivity index (χ2n) is 6.21. The third-order valence-electron chi connectivity index (χ3n) is 4.84. The summed E-state index contributed by atoms with van der Waals surface area (Å²) in [6.07, 6.45) is 0. The van der Waals surface area contributed by atoms with E-state index in [9.17, 15) is 15.0 Å². The molecule has 0 bridgehead atoms. The van der Waals surface area contributed by atoms with Crippen molar-refractivity contribution in [2.24, 2.45) is 0 Å². The lowest BCUT2D eigenvalue weighted by Crippen LogP contribution is -2.43. The lowest BCUT2D eigenvalue weighted by molar-refractivity contribution is 0.0947. The van der Waals surface area contributed by atoms with Crippen molar-refractivity contribution in [2.75, 3.05) is 0 Å². The lowest BCUT2D eigenvalue weighted by atomic mass is 9.76. The van der Waals surface area contributed by atoms with E-state index in [1.54, 1.807) is 30.3 Å². The van der Waals surface area contributed by atoms with Crippen molar-refractivity contribution in [2.45, 2.75) is 5.54 Å². The van der Waals surface area contributed by atoms with Crippen LogP contribution < -0.4 is 10.1 Å². The van der Waals surface area contributed by atoms with E-state index in [4.69, 9.17) is 4.74 Å². The second kappa shape index (κ2) is 4.54. The molecule has 0 aromatic heterocycles. The van der Waals surface area contributed by atoms with Gasteiger partial charge in [0.2, 0.25) is 0 Å². The van der Waals surface area contributed by atoms with Gasteiger partial charge in [-0.3, -0.25) is 4.79 Å². The molecule has 5 heteroatoms. The summed E-state index contributed by atoms with van der Waals surface area (Å²) in [5.74, 6) is 0.839. The summed E-state index contributed by atoms with van der Waals surface area (Å²) < 4.78 is 5.90. The molecule has 0 radical (unpaired) electrons. The molecule has 5 nitrogen and oxygen atoms in total. The maximum atomic E-state index is 12.6.